The van der Waals surface area contributed by atoms with E-state index >= 15 is 0 Å². The molecule has 1 aromatic rings. The van der Waals surface area contributed by atoms with Gasteiger partial charge < -0.3 is 37.0 Å². The largest absolute Gasteiger partial charge is 0.481 e. The van der Waals surface area contributed by atoms with Gasteiger partial charge in [-0.25, -0.2) is 4.79 Å². The van der Waals surface area contributed by atoms with Crippen LogP contribution < -0.4 is 21.7 Å². The lowest BCUT2D eigenvalue weighted by atomic mass is 10.0. The Morgan fingerprint density at radius 1 is 0.909 bits per heavy atom. The number of aliphatic hydroxyl groups excluding tert-OH is 1. The van der Waals surface area contributed by atoms with E-state index in [9.17, 15) is 34.2 Å². The van der Waals surface area contributed by atoms with Gasteiger partial charge in [0.2, 0.25) is 17.7 Å². The first-order valence-corrected chi connectivity index (χ1v) is 10.5. The number of carbonyl (C=O) groups is 5. The minimum atomic E-state index is -1.63. The molecule has 12 nitrogen and oxygen atoms in total. The van der Waals surface area contributed by atoms with Gasteiger partial charge in [-0.2, -0.15) is 12.6 Å². The van der Waals surface area contributed by atoms with E-state index in [1.807, 2.05) is 0 Å². The number of nitrogens with two attached hydrogens (primary N) is 1. The van der Waals surface area contributed by atoms with Crippen molar-refractivity contribution in [2.24, 2.45) is 5.73 Å². The molecule has 3 amide bonds. The molecule has 33 heavy (non-hydrogen) atoms. The van der Waals surface area contributed by atoms with Gasteiger partial charge in [0.1, 0.15) is 24.2 Å². The molecule has 0 saturated carbocycles. The second-order valence-electron chi connectivity index (χ2n) is 7.26. The summed E-state index contributed by atoms with van der Waals surface area (Å²) >= 11 is 3.96. The molecule has 0 radical (unpaired) electrons. The van der Waals surface area contributed by atoms with Gasteiger partial charge in [0.25, 0.3) is 0 Å². The number of hydrogen-bond acceptors (Lipinski definition) is 8. The van der Waals surface area contributed by atoms with Crippen LogP contribution in [0.2, 0.25) is 0 Å². The highest BCUT2D eigenvalue weighted by atomic mass is 32.1. The first-order valence-electron chi connectivity index (χ1n) is 9.90. The normalized spacial score (nSPS) is 15.3. The molecule has 0 heterocycles. The van der Waals surface area contributed by atoms with Crippen LogP contribution in [0.25, 0.3) is 0 Å². The Morgan fingerprint density at radius 3 is 1.91 bits per heavy atom. The van der Waals surface area contributed by atoms with Crippen LogP contribution in [0.5, 0.6) is 0 Å². The fourth-order valence-electron chi connectivity index (χ4n) is 2.66. The number of rotatable bonds is 13. The molecule has 0 aliphatic heterocycles. The molecule has 0 bridgehead atoms. The molecule has 5 atom stereocenters. The Hall–Kier alpha value is -3.16. The van der Waals surface area contributed by atoms with E-state index in [1.165, 1.54) is 6.92 Å². The van der Waals surface area contributed by atoms with Crippen LogP contribution in [-0.4, -0.2) is 81.0 Å². The molecule has 8 N–H and O–H groups in total. The second kappa shape index (κ2) is 13.4. The zero-order chi connectivity index (χ0) is 25.1. The van der Waals surface area contributed by atoms with Gasteiger partial charge in [-0.1, -0.05) is 30.3 Å². The lowest BCUT2D eigenvalue weighted by Crippen LogP contribution is -2.59. The van der Waals surface area contributed by atoms with E-state index in [0.29, 0.717) is 5.56 Å². The Bertz CT molecular complexity index is 852. The van der Waals surface area contributed by atoms with E-state index in [-0.39, 0.29) is 12.2 Å². The molecule has 5 unspecified atom stereocenters. The van der Waals surface area contributed by atoms with Gasteiger partial charge in [0.15, 0.2) is 0 Å². The quantitative estimate of drug-likeness (QED) is 0.144. The molecule has 0 aliphatic rings. The zero-order valence-corrected chi connectivity index (χ0v) is 18.7. The molecule has 1 rings (SSSR count). The summed E-state index contributed by atoms with van der Waals surface area (Å²) < 4.78 is 0. The molecule has 0 aromatic heterocycles. The first-order chi connectivity index (χ1) is 15.5. The van der Waals surface area contributed by atoms with Crippen LogP contribution >= 0.6 is 12.6 Å². The van der Waals surface area contributed by atoms with Crippen molar-refractivity contribution in [3.8, 4) is 0 Å². The van der Waals surface area contributed by atoms with Gasteiger partial charge in [-0.05, 0) is 12.5 Å². The number of thiol groups is 1. The zero-order valence-electron chi connectivity index (χ0n) is 17.8. The lowest BCUT2D eigenvalue weighted by Gasteiger charge is -2.24. The number of benzene rings is 1. The van der Waals surface area contributed by atoms with Crippen molar-refractivity contribution < 1.29 is 39.3 Å². The SMILES string of the molecule is CC(O)C(N)C(=O)NC(CS)C(=O)NC(CC(=O)O)C(=O)NC(Cc1ccccc1)C(=O)O. The highest BCUT2D eigenvalue weighted by Crippen LogP contribution is 2.05. The summed E-state index contributed by atoms with van der Waals surface area (Å²) in [4.78, 5) is 60.0. The first kappa shape index (κ1) is 27.9. The lowest BCUT2D eigenvalue weighted by molar-refractivity contribution is -0.143. The molecular weight excluding hydrogens is 456 g/mol. The summed E-state index contributed by atoms with van der Waals surface area (Å²) in [7, 11) is 0. The molecule has 0 saturated heterocycles. The standard InChI is InChI=1S/C20H28N4O8S/c1-10(25)16(21)19(30)24-14(9-33)18(29)22-12(8-15(26)27)17(28)23-13(20(31)32)7-11-5-3-2-4-6-11/h2-6,10,12-14,16,25,33H,7-9,21H2,1H3,(H,22,29)(H,23,28)(H,24,30)(H,26,27)(H,31,32). The topological polar surface area (TPSA) is 208 Å². The van der Waals surface area contributed by atoms with Gasteiger partial charge in [-0.15, -0.1) is 0 Å². The average Bonchev–Trinajstić information content (AvgIpc) is 2.75. The maximum absolute atomic E-state index is 12.6. The van der Waals surface area contributed by atoms with Crippen molar-refractivity contribution in [3.63, 3.8) is 0 Å². The molecule has 0 aliphatic carbocycles. The predicted octanol–water partition coefficient (Wildman–Crippen LogP) is -2.12. The maximum Gasteiger partial charge on any atom is 0.326 e. The molecule has 13 heteroatoms. The number of amides is 3. The number of carboxylic acid groups (broad SMARTS) is 2. The Morgan fingerprint density at radius 2 is 1.42 bits per heavy atom. The monoisotopic (exact) mass is 484 g/mol. The van der Waals surface area contributed by atoms with Gasteiger partial charge in [0.05, 0.1) is 12.5 Å². The third kappa shape index (κ3) is 9.47. The summed E-state index contributed by atoms with van der Waals surface area (Å²) in [6, 6.07) is 2.82. The predicted molar refractivity (Wildman–Crippen MR) is 119 cm³/mol. The third-order valence-electron chi connectivity index (χ3n) is 4.55. The van der Waals surface area contributed by atoms with Crippen molar-refractivity contribution in [2.45, 2.75) is 50.0 Å². The highest BCUT2D eigenvalue weighted by molar-refractivity contribution is 7.80. The smallest absolute Gasteiger partial charge is 0.326 e. The number of carbonyl (C=O) groups excluding carboxylic acids is 3. The summed E-state index contributed by atoms with van der Waals surface area (Å²) in [5.74, 6) is -5.82. The minimum Gasteiger partial charge on any atom is -0.481 e. The second-order valence-corrected chi connectivity index (χ2v) is 7.62. The number of carboxylic acids is 2. The van der Waals surface area contributed by atoms with Crippen molar-refractivity contribution in [1.29, 1.82) is 0 Å². The molecule has 1 aromatic carbocycles. The Kier molecular flexibility index (Phi) is 11.3. The van der Waals surface area contributed by atoms with Gasteiger partial charge >= 0.3 is 11.9 Å². The van der Waals surface area contributed by atoms with Crippen LogP contribution in [0.1, 0.15) is 18.9 Å². The molecule has 0 spiro atoms. The van der Waals surface area contributed by atoms with E-state index in [0.717, 1.165) is 0 Å². The minimum absolute atomic E-state index is 0.0673. The summed E-state index contributed by atoms with van der Waals surface area (Å²) in [5, 5.41) is 34.6. The Balaban J connectivity index is 2.92. The number of hydrogen-bond donors (Lipinski definition) is 8. The maximum atomic E-state index is 12.6. The van der Waals surface area contributed by atoms with E-state index in [1.54, 1.807) is 30.3 Å². The highest BCUT2D eigenvalue weighted by Gasteiger charge is 2.31. The summed E-state index contributed by atoms with van der Waals surface area (Å²) in [6.07, 6.45) is -2.10. The van der Waals surface area contributed by atoms with Crippen molar-refractivity contribution in [3.05, 3.63) is 35.9 Å². The summed E-state index contributed by atoms with van der Waals surface area (Å²) in [6.45, 7) is 1.28. The van der Waals surface area contributed by atoms with E-state index in [4.69, 9.17) is 10.8 Å². The van der Waals surface area contributed by atoms with Crippen LogP contribution in [-0.2, 0) is 30.4 Å². The number of aliphatic hydroxyl groups is 1. The van der Waals surface area contributed by atoms with Crippen molar-refractivity contribution in [1.82, 2.24) is 16.0 Å². The van der Waals surface area contributed by atoms with Crippen LogP contribution in [0.3, 0.4) is 0 Å². The summed E-state index contributed by atoms with van der Waals surface area (Å²) in [5.41, 5.74) is 6.13. The Labute approximate surface area is 195 Å². The average molecular weight is 485 g/mol. The molecular formula is C20H28N4O8S. The molecule has 182 valence electrons. The van der Waals surface area contributed by atoms with Crippen molar-refractivity contribution >= 4 is 42.3 Å². The van der Waals surface area contributed by atoms with Gasteiger partial charge in [0, 0.05) is 12.2 Å². The van der Waals surface area contributed by atoms with Crippen LogP contribution in [0.15, 0.2) is 30.3 Å². The van der Waals surface area contributed by atoms with Crippen LogP contribution in [0, 0.1) is 0 Å². The fourth-order valence-corrected chi connectivity index (χ4v) is 2.92. The number of aliphatic carboxylic acids is 2. The molecule has 0 fully saturated rings. The third-order valence-corrected chi connectivity index (χ3v) is 4.91. The van der Waals surface area contributed by atoms with Crippen molar-refractivity contribution in [2.75, 3.05) is 5.75 Å². The van der Waals surface area contributed by atoms with E-state index < -0.39 is 66.4 Å². The fraction of sp³-hybridized carbons (Fsp3) is 0.450. The van der Waals surface area contributed by atoms with E-state index in [2.05, 4.69) is 28.6 Å². The van der Waals surface area contributed by atoms with Crippen LogP contribution in [0.4, 0.5) is 0 Å². The number of nitrogens with one attached hydrogen (secondary N) is 3. The van der Waals surface area contributed by atoms with Gasteiger partial charge in [-0.3, -0.25) is 19.2 Å².